The van der Waals surface area contributed by atoms with E-state index < -0.39 is 24.5 Å². The molecule has 1 aromatic rings. The molecule has 0 aliphatic carbocycles. The third-order valence-corrected chi connectivity index (χ3v) is 3.32. The van der Waals surface area contributed by atoms with Gasteiger partial charge in [0.25, 0.3) is 0 Å². The Bertz CT molecular complexity index is 505. The summed E-state index contributed by atoms with van der Waals surface area (Å²) in [4.78, 5) is 22.5. The molecule has 2 N–H and O–H groups in total. The van der Waals surface area contributed by atoms with Crippen molar-refractivity contribution in [3.05, 3.63) is 29.8 Å². The van der Waals surface area contributed by atoms with Gasteiger partial charge in [-0.05, 0) is 38.0 Å². The number of ether oxygens (including phenoxy) is 1. The second kappa shape index (κ2) is 8.31. The van der Waals surface area contributed by atoms with E-state index in [0.29, 0.717) is 6.42 Å². The molecule has 0 aliphatic heterocycles. The highest BCUT2D eigenvalue weighted by atomic mass is 19.3. The summed E-state index contributed by atoms with van der Waals surface area (Å²) >= 11 is 0. The molecule has 0 saturated carbocycles. The Kier molecular flexibility index (Phi) is 6.75. The first kappa shape index (κ1) is 17.9. The summed E-state index contributed by atoms with van der Waals surface area (Å²) in [5, 5.41) is 11.5. The summed E-state index contributed by atoms with van der Waals surface area (Å²) in [5.41, 5.74) is 0.802. The number of rotatable bonds is 8. The molecule has 0 radical (unpaired) electrons. The van der Waals surface area contributed by atoms with Gasteiger partial charge in [0.1, 0.15) is 5.75 Å². The van der Waals surface area contributed by atoms with Crippen LogP contribution in [0.15, 0.2) is 24.3 Å². The van der Waals surface area contributed by atoms with Gasteiger partial charge in [0.2, 0.25) is 5.91 Å². The average molecular weight is 315 g/mol. The zero-order chi connectivity index (χ0) is 16.7. The summed E-state index contributed by atoms with van der Waals surface area (Å²) < 4.78 is 28.2. The molecule has 122 valence electrons. The number of carbonyl (C=O) groups excluding carboxylic acids is 1. The van der Waals surface area contributed by atoms with Gasteiger partial charge in [0.05, 0.1) is 5.92 Å². The monoisotopic (exact) mass is 315 g/mol. The fourth-order valence-corrected chi connectivity index (χ4v) is 1.76. The topological polar surface area (TPSA) is 75.6 Å². The van der Waals surface area contributed by atoms with Crippen LogP contribution in [-0.4, -0.2) is 29.6 Å². The molecule has 0 fully saturated rings. The minimum atomic E-state index is -2.87. The summed E-state index contributed by atoms with van der Waals surface area (Å²) in [6, 6.07) is 5.57. The van der Waals surface area contributed by atoms with Crippen molar-refractivity contribution in [2.24, 2.45) is 5.92 Å². The number of hydrogen-bond acceptors (Lipinski definition) is 3. The van der Waals surface area contributed by atoms with Crippen molar-refractivity contribution >= 4 is 11.9 Å². The van der Waals surface area contributed by atoms with Crippen LogP contribution in [0.1, 0.15) is 25.8 Å². The fraction of sp³-hybridized carbons (Fsp3) is 0.467. The lowest BCUT2D eigenvalue weighted by atomic mass is 10.0. The number of alkyl halides is 2. The molecule has 2 unspecified atom stereocenters. The van der Waals surface area contributed by atoms with Crippen LogP contribution in [0, 0.1) is 5.92 Å². The summed E-state index contributed by atoms with van der Waals surface area (Å²) in [6.45, 7) is 0.289. The quantitative estimate of drug-likeness (QED) is 0.772. The number of aliphatic carboxylic acids is 1. The van der Waals surface area contributed by atoms with Crippen LogP contribution >= 0.6 is 0 Å². The van der Waals surface area contributed by atoms with Crippen LogP contribution in [0.5, 0.6) is 5.75 Å². The van der Waals surface area contributed by atoms with Gasteiger partial charge >= 0.3 is 12.6 Å². The molecular formula is C15H19F2NO4. The Hall–Kier alpha value is -2.18. The zero-order valence-corrected chi connectivity index (χ0v) is 12.4. The number of nitrogens with one attached hydrogen (secondary N) is 1. The smallest absolute Gasteiger partial charge is 0.387 e. The van der Waals surface area contributed by atoms with Crippen LogP contribution in [-0.2, 0) is 16.0 Å². The van der Waals surface area contributed by atoms with Gasteiger partial charge in [0, 0.05) is 12.5 Å². The van der Waals surface area contributed by atoms with Crippen LogP contribution < -0.4 is 10.1 Å². The van der Waals surface area contributed by atoms with Gasteiger partial charge in [-0.2, -0.15) is 8.78 Å². The lowest BCUT2D eigenvalue weighted by molar-refractivity contribution is -0.142. The van der Waals surface area contributed by atoms with Crippen molar-refractivity contribution in [2.45, 2.75) is 39.3 Å². The Morgan fingerprint density at radius 3 is 2.32 bits per heavy atom. The molecule has 22 heavy (non-hydrogen) atoms. The van der Waals surface area contributed by atoms with Crippen LogP contribution in [0.3, 0.4) is 0 Å². The molecule has 0 saturated heterocycles. The highest BCUT2D eigenvalue weighted by molar-refractivity contribution is 5.78. The van der Waals surface area contributed by atoms with Crippen molar-refractivity contribution in [3.8, 4) is 5.75 Å². The zero-order valence-electron chi connectivity index (χ0n) is 12.4. The third-order valence-electron chi connectivity index (χ3n) is 3.32. The first-order valence-corrected chi connectivity index (χ1v) is 6.85. The summed E-state index contributed by atoms with van der Waals surface area (Å²) in [6.07, 6.45) is 0.612. The highest BCUT2D eigenvalue weighted by Gasteiger charge is 2.20. The van der Waals surface area contributed by atoms with Gasteiger partial charge in [-0.15, -0.1) is 0 Å². The van der Waals surface area contributed by atoms with E-state index in [0.717, 1.165) is 5.56 Å². The number of carbonyl (C=O) groups is 2. The van der Waals surface area contributed by atoms with Crippen LogP contribution in [0.25, 0.3) is 0 Å². The van der Waals surface area contributed by atoms with Crippen molar-refractivity contribution in [1.82, 2.24) is 5.32 Å². The molecular weight excluding hydrogens is 296 g/mol. The second-order valence-corrected chi connectivity index (χ2v) is 5.01. The van der Waals surface area contributed by atoms with E-state index in [1.807, 2.05) is 0 Å². The molecule has 0 bridgehead atoms. The van der Waals surface area contributed by atoms with Crippen molar-refractivity contribution < 1.29 is 28.2 Å². The number of carboxylic acid groups (broad SMARTS) is 1. The molecule has 1 amide bonds. The molecule has 0 aromatic heterocycles. The SMILES string of the molecule is CC(NC(=O)CCc1ccc(OC(F)F)cc1)C(C)C(=O)O. The van der Waals surface area contributed by atoms with Crippen molar-refractivity contribution in [1.29, 1.82) is 0 Å². The number of aryl methyl sites for hydroxylation is 1. The number of hydrogen-bond donors (Lipinski definition) is 2. The molecule has 0 aliphatic rings. The number of amides is 1. The van der Waals surface area contributed by atoms with E-state index in [-0.39, 0.29) is 18.1 Å². The van der Waals surface area contributed by atoms with E-state index in [4.69, 9.17) is 5.11 Å². The Morgan fingerprint density at radius 1 is 1.23 bits per heavy atom. The largest absolute Gasteiger partial charge is 0.481 e. The standard InChI is InChI=1S/C15H19F2NO4/c1-9(14(20)21)10(2)18-13(19)8-5-11-3-6-12(7-4-11)22-15(16)17/h3-4,6-7,9-10,15H,5,8H2,1-2H3,(H,18,19)(H,20,21). The predicted molar refractivity (Wildman–Crippen MR) is 75.8 cm³/mol. The maximum Gasteiger partial charge on any atom is 0.387 e. The fourth-order valence-electron chi connectivity index (χ4n) is 1.76. The first-order chi connectivity index (χ1) is 10.3. The first-order valence-electron chi connectivity index (χ1n) is 6.85. The Balaban J connectivity index is 2.42. The number of carboxylic acids is 1. The van der Waals surface area contributed by atoms with Gasteiger partial charge < -0.3 is 15.2 Å². The highest BCUT2D eigenvalue weighted by Crippen LogP contribution is 2.15. The minimum Gasteiger partial charge on any atom is -0.481 e. The molecule has 0 heterocycles. The molecule has 7 heteroatoms. The van der Waals surface area contributed by atoms with Gasteiger partial charge in [-0.3, -0.25) is 9.59 Å². The number of halogens is 2. The maximum atomic E-state index is 12.0. The lowest BCUT2D eigenvalue weighted by Crippen LogP contribution is -2.40. The van der Waals surface area contributed by atoms with Gasteiger partial charge in [-0.1, -0.05) is 12.1 Å². The molecule has 1 aromatic carbocycles. The Labute approximate surface area is 127 Å². The van der Waals surface area contributed by atoms with E-state index >= 15 is 0 Å². The lowest BCUT2D eigenvalue weighted by Gasteiger charge is -2.17. The van der Waals surface area contributed by atoms with Crippen molar-refractivity contribution in [3.63, 3.8) is 0 Å². The van der Waals surface area contributed by atoms with Crippen molar-refractivity contribution in [2.75, 3.05) is 0 Å². The molecule has 1 rings (SSSR count). The average Bonchev–Trinajstić information content (AvgIpc) is 2.45. The maximum absolute atomic E-state index is 12.0. The normalized spacial score (nSPS) is 13.5. The third kappa shape index (κ3) is 6.07. The van der Waals surface area contributed by atoms with Crippen LogP contribution in [0.2, 0.25) is 0 Å². The van der Waals surface area contributed by atoms with E-state index in [9.17, 15) is 18.4 Å². The molecule has 5 nitrogen and oxygen atoms in total. The summed E-state index contributed by atoms with van der Waals surface area (Å²) in [5.74, 6) is -1.84. The second-order valence-electron chi connectivity index (χ2n) is 5.01. The molecule has 0 spiro atoms. The Morgan fingerprint density at radius 2 is 1.82 bits per heavy atom. The van der Waals surface area contributed by atoms with Gasteiger partial charge in [-0.25, -0.2) is 0 Å². The predicted octanol–water partition coefficient (Wildman–Crippen LogP) is 2.45. The van der Waals surface area contributed by atoms with E-state index in [2.05, 4.69) is 10.1 Å². The van der Waals surface area contributed by atoms with E-state index in [1.165, 1.54) is 19.1 Å². The van der Waals surface area contributed by atoms with E-state index in [1.54, 1.807) is 19.1 Å². The minimum absolute atomic E-state index is 0.0621. The molecule has 2 atom stereocenters. The van der Waals surface area contributed by atoms with Crippen LogP contribution in [0.4, 0.5) is 8.78 Å². The van der Waals surface area contributed by atoms with Gasteiger partial charge in [0.15, 0.2) is 0 Å². The summed E-state index contributed by atoms with van der Waals surface area (Å²) in [7, 11) is 0. The number of benzene rings is 1.